The molecule has 0 bridgehead atoms. The molecule has 1 unspecified atom stereocenters. The molecule has 0 aliphatic carbocycles. The Morgan fingerprint density at radius 3 is 2.84 bits per heavy atom. The normalized spacial score (nSPS) is 21.2. The lowest BCUT2D eigenvalue weighted by Crippen LogP contribution is -2.50. The minimum Gasteiger partial charge on any atom is -0.340 e. The number of rotatable bonds is 3. The highest BCUT2D eigenvalue weighted by Crippen LogP contribution is 2.23. The third-order valence-electron chi connectivity index (χ3n) is 5.30. The van der Waals surface area contributed by atoms with Crippen LogP contribution in [0.5, 0.6) is 0 Å². The number of aromatic nitrogens is 2. The maximum absolute atomic E-state index is 12.9. The van der Waals surface area contributed by atoms with Gasteiger partial charge >= 0.3 is 0 Å². The van der Waals surface area contributed by atoms with Crippen molar-refractivity contribution in [1.82, 2.24) is 19.4 Å². The van der Waals surface area contributed by atoms with Crippen LogP contribution in [-0.2, 0) is 24.3 Å². The van der Waals surface area contributed by atoms with Gasteiger partial charge in [-0.25, -0.2) is 4.98 Å². The maximum Gasteiger partial charge on any atom is 0.226 e. The monoisotopic (exact) mass is 358 g/mol. The van der Waals surface area contributed by atoms with Gasteiger partial charge in [0.15, 0.2) is 0 Å². The molecule has 4 rings (SSSR count). The van der Waals surface area contributed by atoms with E-state index < -0.39 is 0 Å². The number of benzene rings is 1. The molecule has 0 radical (unpaired) electrons. The molecule has 1 aromatic carbocycles. The van der Waals surface area contributed by atoms with Crippen LogP contribution in [-0.4, -0.2) is 51.4 Å². The minimum atomic E-state index is 0.115. The van der Waals surface area contributed by atoms with Crippen LogP contribution in [0.4, 0.5) is 0 Å². The summed E-state index contributed by atoms with van der Waals surface area (Å²) >= 11 is 6.06. The van der Waals surface area contributed by atoms with Crippen molar-refractivity contribution >= 4 is 17.5 Å². The van der Waals surface area contributed by atoms with Gasteiger partial charge in [-0.1, -0.05) is 23.7 Å². The Bertz CT molecular complexity index is 751. The average Bonchev–Trinajstić information content (AvgIpc) is 3.09. The molecule has 25 heavy (non-hydrogen) atoms. The number of hydrogen-bond donors (Lipinski definition) is 0. The highest BCUT2D eigenvalue weighted by molar-refractivity contribution is 6.30. The van der Waals surface area contributed by atoms with E-state index in [4.69, 9.17) is 11.6 Å². The molecule has 132 valence electrons. The predicted molar refractivity (Wildman–Crippen MR) is 97.3 cm³/mol. The molecule has 0 saturated carbocycles. The summed E-state index contributed by atoms with van der Waals surface area (Å²) in [5.41, 5.74) is 2.41. The summed E-state index contributed by atoms with van der Waals surface area (Å²) in [5.74, 6) is 0.429. The van der Waals surface area contributed by atoms with Gasteiger partial charge in [0.2, 0.25) is 5.91 Å². The summed E-state index contributed by atoms with van der Waals surface area (Å²) in [6.07, 6.45) is 5.50. The van der Waals surface area contributed by atoms with Crippen molar-refractivity contribution in [2.24, 2.45) is 5.92 Å². The van der Waals surface area contributed by atoms with Crippen LogP contribution in [0.25, 0.3) is 0 Å². The smallest absolute Gasteiger partial charge is 0.226 e. The molecule has 5 nitrogen and oxygen atoms in total. The lowest BCUT2D eigenvalue weighted by atomic mass is 9.94. The van der Waals surface area contributed by atoms with E-state index in [1.807, 2.05) is 35.6 Å². The van der Waals surface area contributed by atoms with E-state index in [1.165, 1.54) is 11.3 Å². The van der Waals surface area contributed by atoms with Gasteiger partial charge in [0.1, 0.15) is 0 Å². The fourth-order valence-corrected chi connectivity index (χ4v) is 4.07. The molecular weight excluding hydrogens is 336 g/mol. The van der Waals surface area contributed by atoms with Crippen molar-refractivity contribution in [2.75, 3.05) is 26.2 Å². The third-order valence-corrected chi connectivity index (χ3v) is 5.54. The Kier molecular flexibility index (Phi) is 4.77. The summed E-state index contributed by atoms with van der Waals surface area (Å²) < 4.78 is 2.16. The highest BCUT2D eigenvalue weighted by Gasteiger charge is 2.30. The van der Waals surface area contributed by atoms with Crippen LogP contribution in [0.3, 0.4) is 0 Å². The van der Waals surface area contributed by atoms with Gasteiger partial charge in [0.05, 0.1) is 6.33 Å². The number of nitrogens with zero attached hydrogens (tertiary/aromatic N) is 4. The number of carbonyl (C=O) groups is 1. The molecule has 2 aliphatic heterocycles. The Labute approximate surface area is 153 Å². The van der Waals surface area contributed by atoms with Crippen LogP contribution >= 0.6 is 11.6 Å². The van der Waals surface area contributed by atoms with Gasteiger partial charge in [0, 0.05) is 68.5 Å². The van der Waals surface area contributed by atoms with Gasteiger partial charge in [-0.2, -0.15) is 0 Å². The SMILES string of the molecule is O=C(C1CCn2cncc2C1)N1CCN(Cc2cccc(Cl)c2)CC1. The first-order chi connectivity index (χ1) is 12.2. The predicted octanol–water partition coefficient (Wildman–Crippen LogP) is 2.44. The van der Waals surface area contributed by atoms with E-state index in [1.54, 1.807) is 0 Å². The summed E-state index contributed by atoms with van der Waals surface area (Å²) in [6.45, 7) is 5.27. The van der Waals surface area contributed by atoms with Crippen molar-refractivity contribution < 1.29 is 4.79 Å². The third kappa shape index (κ3) is 3.72. The van der Waals surface area contributed by atoms with Crippen LogP contribution in [0, 0.1) is 5.92 Å². The second-order valence-corrected chi connectivity index (χ2v) is 7.44. The second kappa shape index (κ2) is 7.18. The lowest BCUT2D eigenvalue weighted by Gasteiger charge is -2.37. The molecule has 1 fully saturated rings. The molecular formula is C19H23ClN4O. The van der Waals surface area contributed by atoms with Crippen molar-refractivity contribution in [1.29, 1.82) is 0 Å². The van der Waals surface area contributed by atoms with Crippen molar-refractivity contribution in [3.8, 4) is 0 Å². The maximum atomic E-state index is 12.9. The van der Waals surface area contributed by atoms with Gasteiger partial charge in [-0.15, -0.1) is 0 Å². The van der Waals surface area contributed by atoms with Crippen molar-refractivity contribution in [2.45, 2.75) is 25.9 Å². The summed E-state index contributed by atoms with van der Waals surface area (Å²) in [7, 11) is 0. The molecule has 2 aromatic rings. The first-order valence-corrected chi connectivity index (χ1v) is 9.31. The molecule has 2 aliphatic rings. The zero-order valence-corrected chi connectivity index (χ0v) is 15.0. The van der Waals surface area contributed by atoms with Gasteiger partial charge in [0.25, 0.3) is 0 Å². The Morgan fingerprint density at radius 1 is 1.20 bits per heavy atom. The number of piperazine rings is 1. The van der Waals surface area contributed by atoms with E-state index in [0.29, 0.717) is 5.91 Å². The number of imidazole rings is 1. The summed E-state index contributed by atoms with van der Waals surface area (Å²) in [4.78, 5) is 21.5. The van der Waals surface area contributed by atoms with E-state index in [9.17, 15) is 4.79 Å². The number of carbonyl (C=O) groups excluding carboxylic acids is 1. The van der Waals surface area contributed by atoms with Crippen LogP contribution in [0.15, 0.2) is 36.8 Å². The van der Waals surface area contributed by atoms with Gasteiger partial charge in [-0.3, -0.25) is 9.69 Å². The first kappa shape index (κ1) is 16.6. The topological polar surface area (TPSA) is 41.4 Å². The molecule has 0 N–H and O–H groups in total. The van der Waals surface area contributed by atoms with E-state index in [2.05, 4.69) is 20.5 Å². The van der Waals surface area contributed by atoms with E-state index in [-0.39, 0.29) is 5.92 Å². The molecule has 1 atom stereocenters. The Morgan fingerprint density at radius 2 is 2.04 bits per heavy atom. The molecule has 1 aromatic heterocycles. The lowest BCUT2D eigenvalue weighted by molar-refractivity contribution is -0.138. The standard InChI is InChI=1S/C19H23ClN4O/c20-17-3-1-2-15(10-17)13-22-6-8-23(9-7-22)19(25)16-4-5-24-14-21-12-18(24)11-16/h1-3,10,12,14,16H,4-9,11,13H2. The Hall–Kier alpha value is -1.85. The summed E-state index contributed by atoms with van der Waals surface area (Å²) in [5, 5.41) is 0.780. The minimum absolute atomic E-state index is 0.115. The zero-order valence-electron chi connectivity index (χ0n) is 14.3. The first-order valence-electron chi connectivity index (χ1n) is 8.93. The number of aryl methyl sites for hydroxylation is 1. The number of amides is 1. The van der Waals surface area contributed by atoms with Crippen LogP contribution < -0.4 is 0 Å². The molecule has 1 saturated heterocycles. The summed E-state index contributed by atoms with van der Waals surface area (Å²) in [6, 6.07) is 8.02. The molecule has 6 heteroatoms. The van der Waals surface area contributed by atoms with Gasteiger partial charge < -0.3 is 9.47 Å². The largest absolute Gasteiger partial charge is 0.340 e. The van der Waals surface area contributed by atoms with Crippen molar-refractivity contribution in [3.63, 3.8) is 0 Å². The quantitative estimate of drug-likeness (QED) is 0.846. The number of halogens is 1. The molecule has 3 heterocycles. The van der Waals surface area contributed by atoms with Gasteiger partial charge in [-0.05, 0) is 24.1 Å². The molecule has 0 spiro atoms. The van der Waals surface area contributed by atoms with E-state index >= 15 is 0 Å². The number of fused-ring (bicyclic) bond motifs is 1. The molecule has 1 amide bonds. The number of hydrogen-bond acceptors (Lipinski definition) is 3. The van der Waals surface area contributed by atoms with Crippen LogP contribution in [0.2, 0.25) is 5.02 Å². The zero-order chi connectivity index (χ0) is 17.2. The van der Waals surface area contributed by atoms with Crippen molar-refractivity contribution in [3.05, 3.63) is 53.1 Å². The van der Waals surface area contributed by atoms with E-state index in [0.717, 1.165) is 57.1 Å². The Balaban J connectivity index is 1.30. The van der Waals surface area contributed by atoms with Crippen LogP contribution in [0.1, 0.15) is 17.7 Å². The fourth-order valence-electron chi connectivity index (χ4n) is 3.86. The fraction of sp³-hybridized carbons (Fsp3) is 0.474. The second-order valence-electron chi connectivity index (χ2n) is 7.00. The average molecular weight is 359 g/mol. The highest BCUT2D eigenvalue weighted by atomic mass is 35.5.